The Labute approximate surface area is 112 Å². The summed E-state index contributed by atoms with van der Waals surface area (Å²) in [5, 5.41) is 2.80. The highest BCUT2D eigenvalue weighted by atomic mass is 32.1. The summed E-state index contributed by atoms with van der Waals surface area (Å²) in [6.07, 6.45) is 3.39. The van der Waals surface area contributed by atoms with Crippen LogP contribution in [-0.2, 0) is 0 Å². The van der Waals surface area contributed by atoms with Crippen LogP contribution in [0.2, 0.25) is 0 Å². The van der Waals surface area contributed by atoms with Gasteiger partial charge >= 0.3 is 0 Å². The van der Waals surface area contributed by atoms with Crippen molar-refractivity contribution in [1.29, 1.82) is 0 Å². The number of furan rings is 2. The fourth-order valence-corrected chi connectivity index (χ4v) is 2.67. The lowest BCUT2D eigenvalue weighted by Gasteiger charge is -1.88. The normalized spacial score (nSPS) is 11.2. The van der Waals surface area contributed by atoms with Crippen molar-refractivity contribution in [3.8, 4) is 22.2 Å². The molecule has 0 radical (unpaired) electrons. The summed E-state index contributed by atoms with van der Waals surface area (Å²) in [5.41, 5.74) is 2.41. The number of hydrogen-bond acceptors (Lipinski definition) is 5. The summed E-state index contributed by atoms with van der Waals surface area (Å²) in [4.78, 5) is 8.77. The molecule has 0 N–H and O–H groups in total. The molecular formula is C14H8N2O2S. The van der Waals surface area contributed by atoms with Gasteiger partial charge in [0.25, 0.3) is 0 Å². The van der Waals surface area contributed by atoms with Gasteiger partial charge in [0.2, 0.25) is 0 Å². The van der Waals surface area contributed by atoms with Crippen LogP contribution in [0.5, 0.6) is 0 Å². The molecule has 0 saturated carbocycles. The lowest BCUT2D eigenvalue weighted by molar-refractivity contribution is 0.581. The van der Waals surface area contributed by atoms with E-state index in [1.54, 1.807) is 12.5 Å². The summed E-state index contributed by atoms with van der Waals surface area (Å²) < 4.78 is 11.1. The number of rotatable bonds is 2. The van der Waals surface area contributed by atoms with Gasteiger partial charge in [-0.25, -0.2) is 4.98 Å². The van der Waals surface area contributed by atoms with Gasteiger partial charge < -0.3 is 8.83 Å². The van der Waals surface area contributed by atoms with Crippen molar-refractivity contribution in [2.45, 2.75) is 0 Å². The number of hydrogen-bond donors (Lipinski definition) is 0. The third-order valence-corrected chi connectivity index (χ3v) is 3.63. The first-order chi connectivity index (χ1) is 9.40. The number of pyridine rings is 1. The molecule has 19 heavy (non-hydrogen) atoms. The Morgan fingerprint density at radius 2 is 2.11 bits per heavy atom. The fraction of sp³-hybridized carbons (Fsp3) is 0. The molecule has 0 amide bonds. The van der Waals surface area contributed by atoms with Crippen LogP contribution in [0.4, 0.5) is 0 Å². The van der Waals surface area contributed by atoms with E-state index in [0.717, 1.165) is 33.3 Å². The van der Waals surface area contributed by atoms with Crippen LogP contribution in [-0.4, -0.2) is 9.97 Å². The second-order valence-corrected chi connectivity index (χ2v) is 4.87. The van der Waals surface area contributed by atoms with Crippen LogP contribution < -0.4 is 0 Å². The molecule has 0 aliphatic carbocycles. The molecule has 0 fully saturated rings. The minimum atomic E-state index is 0.725. The van der Waals surface area contributed by atoms with Gasteiger partial charge in [0.15, 0.2) is 22.1 Å². The van der Waals surface area contributed by atoms with Gasteiger partial charge in [0.05, 0.1) is 6.26 Å². The molecule has 0 saturated heterocycles. The van der Waals surface area contributed by atoms with Gasteiger partial charge in [-0.3, -0.25) is 4.98 Å². The lowest BCUT2D eigenvalue weighted by atomic mass is 10.3. The van der Waals surface area contributed by atoms with Gasteiger partial charge in [-0.1, -0.05) is 0 Å². The van der Waals surface area contributed by atoms with E-state index in [0.29, 0.717) is 0 Å². The predicted molar refractivity (Wildman–Crippen MR) is 72.8 cm³/mol. The maximum atomic E-state index is 5.74. The van der Waals surface area contributed by atoms with Crippen molar-refractivity contribution in [2.75, 3.05) is 0 Å². The molecule has 4 rings (SSSR count). The Kier molecular flexibility index (Phi) is 2.25. The zero-order valence-electron chi connectivity index (χ0n) is 9.74. The van der Waals surface area contributed by atoms with E-state index in [9.17, 15) is 0 Å². The van der Waals surface area contributed by atoms with Crippen molar-refractivity contribution in [3.05, 3.63) is 48.2 Å². The number of aromatic nitrogens is 2. The smallest absolute Gasteiger partial charge is 0.162 e. The fourth-order valence-electron chi connectivity index (χ4n) is 1.90. The Bertz CT molecular complexity index is 797. The lowest BCUT2D eigenvalue weighted by Crippen LogP contribution is -1.74. The Morgan fingerprint density at radius 1 is 1.11 bits per heavy atom. The first-order valence-electron chi connectivity index (χ1n) is 5.74. The van der Waals surface area contributed by atoms with Crippen LogP contribution in [0.3, 0.4) is 0 Å². The number of thiazole rings is 1. The van der Waals surface area contributed by atoms with Gasteiger partial charge in [-0.2, -0.15) is 0 Å². The molecule has 0 atom stereocenters. The average Bonchev–Trinajstić information content (AvgIpc) is 3.17. The van der Waals surface area contributed by atoms with Gasteiger partial charge in [-0.05, 0) is 24.3 Å². The SMILES string of the molecule is c1coc(-c2nc(-c3cc4ncccc4o3)cs2)c1. The van der Waals surface area contributed by atoms with Gasteiger partial charge in [-0.15, -0.1) is 11.3 Å². The van der Waals surface area contributed by atoms with Crippen molar-refractivity contribution in [1.82, 2.24) is 9.97 Å². The predicted octanol–water partition coefficient (Wildman–Crippen LogP) is 4.21. The minimum Gasteiger partial charge on any atom is -0.462 e. The Balaban J connectivity index is 1.80. The first-order valence-corrected chi connectivity index (χ1v) is 6.62. The largest absolute Gasteiger partial charge is 0.462 e. The Hall–Kier alpha value is -2.40. The van der Waals surface area contributed by atoms with Crippen LogP contribution in [0.25, 0.3) is 33.3 Å². The molecule has 4 aromatic rings. The highest BCUT2D eigenvalue weighted by Gasteiger charge is 2.12. The van der Waals surface area contributed by atoms with E-state index in [4.69, 9.17) is 8.83 Å². The Morgan fingerprint density at radius 3 is 2.95 bits per heavy atom. The summed E-state index contributed by atoms with van der Waals surface area (Å²) in [7, 11) is 0. The molecule has 4 heterocycles. The molecule has 0 spiro atoms. The van der Waals surface area contributed by atoms with E-state index >= 15 is 0 Å². The van der Waals surface area contributed by atoms with E-state index in [-0.39, 0.29) is 0 Å². The molecule has 4 aromatic heterocycles. The van der Waals surface area contributed by atoms with Gasteiger partial charge in [0.1, 0.15) is 11.2 Å². The van der Waals surface area contributed by atoms with Crippen molar-refractivity contribution < 1.29 is 8.83 Å². The van der Waals surface area contributed by atoms with E-state index in [1.807, 2.05) is 35.7 Å². The third kappa shape index (κ3) is 1.75. The van der Waals surface area contributed by atoms with Crippen LogP contribution in [0.1, 0.15) is 0 Å². The van der Waals surface area contributed by atoms with Crippen molar-refractivity contribution in [2.24, 2.45) is 0 Å². The van der Waals surface area contributed by atoms with Crippen LogP contribution in [0.15, 0.2) is 57.0 Å². The molecule has 0 unspecified atom stereocenters. The first kappa shape index (κ1) is 10.5. The highest BCUT2D eigenvalue weighted by Crippen LogP contribution is 2.31. The summed E-state index contributed by atoms with van der Waals surface area (Å²) in [6.45, 7) is 0. The highest BCUT2D eigenvalue weighted by molar-refractivity contribution is 7.13. The maximum Gasteiger partial charge on any atom is 0.162 e. The van der Waals surface area contributed by atoms with Crippen molar-refractivity contribution >= 4 is 22.4 Å². The summed E-state index contributed by atoms with van der Waals surface area (Å²) in [6, 6.07) is 9.39. The zero-order chi connectivity index (χ0) is 12.7. The molecule has 92 valence electrons. The standard InChI is InChI=1S/C14H8N2O2S/c1-3-11-9(15-5-1)7-13(18-11)10-8-19-14(16-10)12-4-2-6-17-12/h1-8H. The quantitative estimate of drug-likeness (QED) is 0.546. The monoisotopic (exact) mass is 268 g/mol. The van der Waals surface area contributed by atoms with Crippen LogP contribution in [0, 0.1) is 0 Å². The summed E-state index contributed by atoms with van der Waals surface area (Å²) >= 11 is 1.53. The topological polar surface area (TPSA) is 52.1 Å². The van der Waals surface area contributed by atoms with Crippen molar-refractivity contribution in [3.63, 3.8) is 0 Å². The third-order valence-electron chi connectivity index (χ3n) is 2.78. The van der Waals surface area contributed by atoms with E-state index in [2.05, 4.69) is 9.97 Å². The minimum absolute atomic E-state index is 0.725. The second-order valence-electron chi connectivity index (χ2n) is 4.01. The molecule has 0 aliphatic heterocycles. The molecule has 5 heteroatoms. The molecular weight excluding hydrogens is 260 g/mol. The molecule has 4 nitrogen and oxygen atoms in total. The molecule has 0 aromatic carbocycles. The zero-order valence-corrected chi connectivity index (χ0v) is 10.6. The van der Waals surface area contributed by atoms with Gasteiger partial charge in [0, 0.05) is 17.6 Å². The summed E-state index contributed by atoms with van der Waals surface area (Å²) in [5.74, 6) is 1.49. The number of fused-ring (bicyclic) bond motifs is 1. The van der Waals surface area contributed by atoms with E-state index < -0.39 is 0 Å². The molecule has 0 aliphatic rings. The number of nitrogens with zero attached hydrogens (tertiary/aromatic N) is 2. The van der Waals surface area contributed by atoms with E-state index in [1.165, 1.54) is 11.3 Å². The average molecular weight is 268 g/mol. The second kappa shape index (κ2) is 4.07. The van der Waals surface area contributed by atoms with Crippen LogP contribution >= 0.6 is 11.3 Å². The maximum absolute atomic E-state index is 5.74. The molecule has 0 bridgehead atoms.